The highest BCUT2D eigenvalue weighted by molar-refractivity contribution is 5.80. The second-order valence-electron chi connectivity index (χ2n) is 3.35. The van der Waals surface area contributed by atoms with Crippen molar-refractivity contribution < 1.29 is 9.60 Å². The molecule has 0 aliphatic rings. The molecule has 0 aliphatic heterocycles. The summed E-state index contributed by atoms with van der Waals surface area (Å²) >= 11 is 0. The fraction of sp³-hybridized carbons (Fsp3) is 0.300. The smallest absolute Gasteiger partial charge is 0.141 e. The number of amidine groups is 1. The zero-order valence-corrected chi connectivity index (χ0v) is 8.44. The van der Waals surface area contributed by atoms with Crippen molar-refractivity contribution in [2.45, 2.75) is 19.4 Å². The number of hydrogen-bond acceptors (Lipinski definition) is 3. The van der Waals surface area contributed by atoms with Gasteiger partial charge in [-0.1, -0.05) is 11.2 Å². The normalized spacial score (nSPS) is 13.6. The average Bonchev–Trinajstić information content (AvgIpc) is 2.17. The highest BCUT2D eigenvalue weighted by Crippen LogP contribution is 2.11. The molecule has 0 saturated heterocycles. The second-order valence-corrected chi connectivity index (χ2v) is 3.35. The van der Waals surface area contributed by atoms with Gasteiger partial charge in [0.05, 0.1) is 0 Å². The number of anilines is 1. The lowest BCUT2D eigenvalue weighted by Gasteiger charge is -2.14. The fourth-order valence-electron chi connectivity index (χ4n) is 1.27. The first-order chi connectivity index (χ1) is 7.11. The molecule has 4 N–H and O–H groups in total. The van der Waals surface area contributed by atoms with Crippen LogP contribution in [0.5, 0.6) is 0 Å². The monoisotopic (exact) mass is 211 g/mol. The number of nitrogens with two attached hydrogens (primary N) is 1. The van der Waals surface area contributed by atoms with Gasteiger partial charge >= 0.3 is 0 Å². The summed E-state index contributed by atoms with van der Waals surface area (Å²) in [6.07, 6.45) is 0.396. The van der Waals surface area contributed by atoms with E-state index in [1.54, 1.807) is 12.1 Å². The molecule has 1 aromatic carbocycles. The SMILES string of the molecule is CC(CC(N)=NO)Nc1cccc(F)c1. The molecule has 15 heavy (non-hydrogen) atoms. The lowest BCUT2D eigenvalue weighted by atomic mass is 10.2. The summed E-state index contributed by atoms with van der Waals surface area (Å²) in [5.41, 5.74) is 6.02. The summed E-state index contributed by atoms with van der Waals surface area (Å²) in [6.45, 7) is 1.86. The Balaban J connectivity index is 2.55. The summed E-state index contributed by atoms with van der Waals surface area (Å²) in [4.78, 5) is 0. The molecule has 0 bridgehead atoms. The van der Waals surface area contributed by atoms with Crippen LogP contribution in [-0.4, -0.2) is 17.1 Å². The van der Waals surface area contributed by atoms with E-state index in [1.165, 1.54) is 12.1 Å². The molecular weight excluding hydrogens is 197 g/mol. The lowest BCUT2D eigenvalue weighted by Crippen LogP contribution is -2.24. The molecule has 0 fully saturated rings. The molecule has 0 spiro atoms. The Bertz CT molecular complexity index is 354. The average molecular weight is 211 g/mol. The summed E-state index contributed by atoms with van der Waals surface area (Å²) in [7, 11) is 0. The van der Waals surface area contributed by atoms with Crippen molar-refractivity contribution in [3.8, 4) is 0 Å². The molecule has 0 saturated carbocycles. The number of oxime groups is 1. The Morgan fingerprint density at radius 3 is 3.00 bits per heavy atom. The van der Waals surface area contributed by atoms with Gasteiger partial charge in [-0.25, -0.2) is 4.39 Å². The van der Waals surface area contributed by atoms with Crippen molar-refractivity contribution in [3.63, 3.8) is 0 Å². The predicted molar refractivity (Wildman–Crippen MR) is 57.5 cm³/mol. The molecule has 1 atom stereocenters. The topological polar surface area (TPSA) is 70.6 Å². The Morgan fingerprint density at radius 2 is 2.40 bits per heavy atom. The molecule has 0 aliphatic carbocycles. The quantitative estimate of drug-likeness (QED) is 0.307. The molecule has 4 nitrogen and oxygen atoms in total. The largest absolute Gasteiger partial charge is 0.409 e. The van der Waals surface area contributed by atoms with Crippen LogP contribution in [0.2, 0.25) is 0 Å². The van der Waals surface area contributed by atoms with Gasteiger partial charge in [0.15, 0.2) is 0 Å². The summed E-state index contributed by atoms with van der Waals surface area (Å²) < 4.78 is 12.8. The van der Waals surface area contributed by atoms with Crippen molar-refractivity contribution in [2.24, 2.45) is 10.9 Å². The third kappa shape index (κ3) is 3.84. The molecule has 1 unspecified atom stereocenters. The van der Waals surface area contributed by atoms with Crippen molar-refractivity contribution in [1.82, 2.24) is 0 Å². The van der Waals surface area contributed by atoms with Gasteiger partial charge in [-0.05, 0) is 25.1 Å². The molecule has 0 heterocycles. The first-order valence-electron chi connectivity index (χ1n) is 4.60. The highest BCUT2D eigenvalue weighted by atomic mass is 19.1. The van der Waals surface area contributed by atoms with E-state index >= 15 is 0 Å². The van der Waals surface area contributed by atoms with Gasteiger partial charge in [0.2, 0.25) is 0 Å². The van der Waals surface area contributed by atoms with E-state index in [-0.39, 0.29) is 17.7 Å². The van der Waals surface area contributed by atoms with Crippen molar-refractivity contribution in [1.29, 1.82) is 0 Å². The zero-order chi connectivity index (χ0) is 11.3. The molecule has 1 aromatic rings. The van der Waals surface area contributed by atoms with Gasteiger partial charge in [-0.15, -0.1) is 0 Å². The van der Waals surface area contributed by atoms with Crippen LogP contribution >= 0.6 is 0 Å². The maximum atomic E-state index is 12.8. The third-order valence-electron chi connectivity index (χ3n) is 1.88. The minimum atomic E-state index is -0.295. The predicted octanol–water partition coefficient (Wildman–Crippen LogP) is 1.76. The van der Waals surface area contributed by atoms with Crippen LogP contribution in [0.25, 0.3) is 0 Å². The van der Waals surface area contributed by atoms with E-state index in [0.29, 0.717) is 12.1 Å². The molecule has 1 rings (SSSR count). The van der Waals surface area contributed by atoms with Crippen molar-refractivity contribution in [3.05, 3.63) is 30.1 Å². The Hall–Kier alpha value is -1.78. The molecule has 82 valence electrons. The number of halogens is 1. The summed E-state index contributed by atoms with van der Waals surface area (Å²) in [5, 5.41) is 14.3. The number of benzene rings is 1. The minimum Gasteiger partial charge on any atom is -0.409 e. The van der Waals surface area contributed by atoms with E-state index < -0.39 is 0 Å². The van der Waals surface area contributed by atoms with E-state index in [0.717, 1.165) is 0 Å². The van der Waals surface area contributed by atoms with Crippen LogP contribution in [0.3, 0.4) is 0 Å². The van der Waals surface area contributed by atoms with Crippen LogP contribution in [0, 0.1) is 5.82 Å². The maximum absolute atomic E-state index is 12.8. The Labute approximate surface area is 87.6 Å². The molecule has 0 aromatic heterocycles. The summed E-state index contributed by atoms with van der Waals surface area (Å²) in [5.74, 6) is -0.151. The molecule has 0 amide bonds. The maximum Gasteiger partial charge on any atom is 0.141 e. The van der Waals surface area contributed by atoms with Gasteiger partial charge in [0.25, 0.3) is 0 Å². The summed E-state index contributed by atoms with van der Waals surface area (Å²) in [6, 6.07) is 6.12. The highest BCUT2D eigenvalue weighted by Gasteiger charge is 2.05. The number of hydrogen-bond donors (Lipinski definition) is 3. The van der Waals surface area contributed by atoms with Crippen LogP contribution in [0.15, 0.2) is 29.4 Å². The van der Waals surface area contributed by atoms with Crippen LogP contribution in [-0.2, 0) is 0 Å². The number of nitrogens with zero attached hydrogens (tertiary/aromatic N) is 1. The first kappa shape index (κ1) is 11.3. The van der Waals surface area contributed by atoms with E-state index in [1.807, 2.05) is 6.92 Å². The third-order valence-corrected chi connectivity index (χ3v) is 1.88. The van der Waals surface area contributed by atoms with Crippen molar-refractivity contribution in [2.75, 3.05) is 5.32 Å². The Kier molecular flexibility index (Phi) is 3.91. The van der Waals surface area contributed by atoms with Crippen molar-refractivity contribution >= 4 is 11.5 Å². The molecule has 0 radical (unpaired) electrons. The van der Waals surface area contributed by atoms with Gasteiger partial charge in [-0.2, -0.15) is 0 Å². The standard InChI is InChI=1S/C10H14FN3O/c1-7(5-10(12)14-15)13-9-4-2-3-8(11)6-9/h2-4,6-7,13,15H,5H2,1H3,(H2,12,14). The van der Waals surface area contributed by atoms with E-state index in [9.17, 15) is 4.39 Å². The van der Waals surface area contributed by atoms with E-state index in [2.05, 4.69) is 10.5 Å². The van der Waals surface area contributed by atoms with Gasteiger partial charge in [-0.3, -0.25) is 0 Å². The number of nitrogens with one attached hydrogen (secondary N) is 1. The van der Waals surface area contributed by atoms with E-state index in [4.69, 9.17) is 10.9 Å². The zero-order valence-electron chi connectivity index (χ0n) is 8.44. The lowest BCUT2D eigenvalue weighted by molar-refractivity contribution is 0.316. The second kappa shape index (κ2) is 5.19. The van der Waals surface area contributed by atoms with Gasteiger partial charge in [0.1, 0.15) is 11.7 Å². The van der Waals surface area contributed by atoms with Crippen LogP contribution < -0.4 is 11.1 Å². The molecule has 5 heteroatoms. The van der Waals surface area contributed by atoms with Gasteiger partial charge in [0, 0.05) is 18.2 Å². The van der Waals surface area contributed by atoms with Crippen LogP contribution in [0.4, 0.5) is 10.1 Å². The number of rotatable bonds is 4. The van der Waals surface area contributed by atoms with Crippen LogP contribution in [0.1, 0.15) is 13.3 Å². The minimum absolute atomic E-state index is 0.0253. The fourth-order valence-corrected chi connectivity index (χ4v) is 1.27. The van der Waals surface area contributed by atoms with Gasteiger partial charge < -0.3 is 16.3 Å². The Morgan fingerprint density at radius 1 is 1.67 bits per heavy atom. The first-order valence-corrected chi connectivity index (χ1v) is 4.60. The molecular formula is C10H14FN3O.